The fraction of sp³-hybridized carbons (Fsp3) is 0.417. The van der Waals surface area contributed by atoms with Gasteiger partial charge in [0.15, 0.2) is 0 Å². The van der Waals surface area contributed by atoms with Crippen LogP contribution in [0.2, 0.25) is 10.0 Å². The first-order valence-corrected chi connectivity index (χ1v) is 13.8. The Morgan fingerprint density at radius 2 is 1.74 bits per heavy atom. The van der Waals surface area contributed by atoms with E-state index in [1.165, 1.54) is 35.2 Å². The van der Waals surface area contributed by atoms with Gasteiger partial charge in [-0.25, -0.2) is 8.42 Å². The maximum absolute atomic E-state index is 14.3. The lowest BCUT2D eigenvalue weighted by Gasteiger charge is -2.56. The van der Waals surface area contributed by atoms with Crippen molar-refractivity contribution in [1.29, 1.82) is 0 Å². The van der Waals surface area contributed by atoms with Crippen molar-refractivity contribution < 1.29 is 31.2 Å². The molecular weight excluding hydrogens is 568 g/mol. The van der Waals surface area contributed by atoms with E-state index < -0.39 is 63.1 Å². The van der Waals surface area contributed by atoms with Crippen LogP contribution in [0.15, 0.2) is 47.4 Å². The van der Waals surface area contributed by atoms with Crippen LogP contribution in [0.1, 0.15) is 25.0 Å². The molecule has 4 rings (SSSR count). The smallest absolute Gasteiger partial charge is 0.334 e. The predicted octanol–water partition coefficient (Wildman–Crippen LogP) is 3.06. The van der Waals surface area contributed by atoms with Crippen molar-refractivity contribution in [3.63, 3.8) is 0 Å². The number of nitrogens with zero attached hydrogens (tertiary/aromatic N) is 2. The molecule has 8 nitrogen and oxygen atoms in total. The Labute approximate surface area is 227 Å². The summed E-state index contributed by atoms with van der Waals surface area (Å²) >= 11 is 12.2. The maximum atomic E-state index is 14.3. The third-order valence-corrected chi connectivity index (χ3v) is 9.72. The highest BCUT2D eigenvalue weighted by Crippen LogP contribution is 2.40. The van der Waals surface area contributed by atoms with Crippen molar-refractivity contribution in [1.82, 2.24) is 15.1 Å². The van der Waals surface area contributed by atoms with Crippen molar-refractivity contribution in [3.05, 3.63) is 63.6 Å². The molecule has 2 aliphatic heterocycles. The van der Waals surface area contributed by atoms with Crippen LogP contribution in [0, 0.1) is 0 Å². The van der Waals surface area contributed by atoms with Gasteiger partial charge >= 0.3 is 6.18 Å². The number of amides is 2. The van der Waals surface area contributed by atoms with Crippen LogP contribution >= 0.6 is 23.2 Å². The summed E-state index contributed by atoms with van der Waals surface area (Å²) < 4.78 is 67.8. The van der Waals surface area contributed by atoms with Gasteiger partial charge in [-0.1, -0.05) is 35.3 Å². The first-order chi connectivity index (χ1) is 17.6. The Bertz CT molecular complexity index is 1370. The molecule has 2 saturated heterocycles. The van der Waals surface area contributed by atoms with Crippen LogP contribution in [0.3, 0.4) is 0 Å². The van der Waals surface area contributed by atoms with Crippen molar-refractivity contribution in [2.45, 2.75) is 54.5 Å². The molecule has 0 aromatic heterocycles. The third-order valence-electron chi connectivity index (χ3n) is 6.77. The first-order valence-electron chi connectivity index (χ1n) is 11.6. The summed E-state index contributed by atoms with van der Waals surface area (Å²) in [4.78, 5) is 27.0. The molecule has 38 heavy (non-hydrogen) atoms. The molecule has 2 aliphatic rings. The normalized spacial score (nSPS) is 24.7. The summed E-state index contributed by atoms with van der Waals surface area (Å²) in [5.74, 6) is -1.34. The maximum Gasteiger partial charge on any atom is 0.416 e. The minimum Gasteiger partial charge on any atom is -0.334 e. The second-order valence-corrected chi connectivity index (χ2v) is 12.5. The van der Waals surface area contributed by atoms with E-state index in [1.807, 2.05) is 0 Å². The number of nitrogens with two attached hydrogens (primary N) is 1. The highest BCUT2D eigenvalue weighted by Gasteiger charge is 2.63. The molecule has 2 heterocycles. The largest absolute Gasteiger partial charge is 0.416 e. The molecule has 0 radical (unpaired) electrons. The van der Waals surface area contributed by atoms with Crippen molar-refractivity contribution in [3.8, 4) is 0 Å². The molecule has 0 saturated carbocycles. The van der Waals surface area contributed by atoms with Gasteiger partial charge < -0.3 is 10.6 Å². The number of carbonyl (C=O) groups excluding carboxylic acids is 2. The fourth-order valence-electron chi connectivity index (χ4n) is 4.80. The topological polar surface area (TPSA) is 113 Å². The quantitative estimate of drug-likeness (QED) is 0.552. The summed E-state index contributed by atoms with van der Waals surface area (Å²) in [5, 5.41) is 2.92. The molecule has 2 aromatic carbocycles. The van der Waals surface area contributed by atoms with E-state index in [1.54, 1.807) is 13.8 Å². The van der Waals surface area contributed by atoms with Crippen LogP contribution < -0.4 is 11.1 Å². The number of benzene rings is 2. The zero-order valence-corrected chi connectivity index (χ0v) is 22.6. The van der Waals surface area contributed by atoms with E-state index in [9.17, 15) is 31.2 Å². The predicted molar refractivity (Wildman–Crippen MR) is 135 cm³/mol. The Kier molecular flexibility index (Phi) is 7.52. The van der Waals surface area contributed by atoms with Crippen molar-refractivity contribution in [2.75, 3.05) is 13.1 Å². The van der Waals surface area contributed by atoms with Gasteiger partial charge in [-0.2, -0.15) is 13.2 Å². The number of rotatable bonds is 5. The van der Waals surface area contributed by atoms with E-state index in [2.05, 4.69) is 5.32 Å². The van der Waals surface area contributed by atoms with Crippen LogP contribution in [0.4, 0.5) is 13.2 Å². The van der Waals surface area contributed by atoms with Gasteiger partial charge in [-0.05, 0) is 49.7 Å². The lowest BCUT2D eigenvalue weighted by Crippen LogP contribution is -2.83. The molecular formula is C24H25Cl2F3N4O4S. The molecule has 2 amide bonds. The number of hydrogen-bond donors (Lipinski definition) is 2. The van der Waals surface area contributed by atoms with E-state index in [0.717, 1.165) is 17.0 Å². The average molecular weight is 593 g/mol. The number of alkyl halides is 3. The second kappa shape index (κ2) is 9.98. The SMILES string of the molecule is CC(C)N1CC2(S(=O)(=O)c3ccc(Cl)cc3Cl)NCC(N)C(=O)N2C(Cc2ccc(C(F)(F)F)cc2)C1=O. The van der Waals surface area contributed by atoms with Crippen molar-refractivity contribution >= 4 is 44.9 Å². The van der Waals surface area contributed by atoms with Crippen molar-refractivity contribution in [2.24, 2.45) is 5.73 Å². The number of sulfone groups is 1. The molecule has 2 fully saturated rings. The van der Waals surface area contributed by atoms with E-state index in [4.69, 9.17) is 28.9 Å². The Morgan fingerprint density at radius 3 is 2.29 bits per heavy atom. The highest BCUT2D eigenvalue weighted by molar-refractivity contribution is 7.93. The third kappa shape index (κ3) is 4.77. The van der Waals surface area contributed by atoms with Crippen LogP contribution in [0.25, 0.3) is 0 Å². The molecule has 0 aliphatic carbocycles. The lowest BCUT2D eigenvalue weighted by atomic mass is 9.95. The van der Waals surface area contributed by atoms with Crippen LogP contribution in [-0.4, -0.2) is 66.2 Å². The Balaban J connectivity index is 1.88. The molecule has 3 atom stereocenters. The monoisotopic (exact) mass is 592 g/mol. The molecule has 0 spiro atoms. The molecule has 3 N–H and O–H groups in total. The van der Waals surface area contributed by atoms with E-state index in [-0.39, 0.29) is 27.9 Å². The molecule has 0 bridgehead atoms. The summed E-state index contributed by atoms with van der Waals surface area (Å²) in [6.07, 6.45) is -4.81. The minimum absolute atomic E-state index is 0.178. The first kappa shape index (κ1) is 28.6. The van der Waals surface area contributed by atoms with E-state index >= 15 is 0 Å². The van der Waals surface area contributed by atoms with Gasteiger partial charge in [-0.3, -0.25) is 19.8 Å². The lowest BCUT2D eigenvalue weighted by molar-refractivity contribution is -0.166. The van der Waals surface area contributed by atoms with Gasteiger partial charge in [0.05, 0.1) is 28.1 Å². The molecule has 14 heteroatoms. The fourth-order valence-corrected chi connectivity index (χ4v) is 7.50. The molecule has 3 unspecified atom stereocenters. The van der Waals surface area contributed by atoms with Gasteiger partial charge in [0.1, 0.15) is 6.04 Å². The summed E-state index contributed by atoms with van der Waals surface area (Å²) in [5.41, 5.74) is 5.41. The molecule has 206 valence electrons. The number of fused-ring (bicyclic) bond motifs is 1. The standard InChI is InChI=1S/C24H25Cl2F3N4O4S/c1-13(2)32-12-23(38(36,37)20-8-7-16(25)10-17(20)26)31-11-18(30)21(34)33(23)19(22(32)35)9-14-3-5-15(6-4-14)24(27,28)29/h3-8,10,13,18-19,31H,9,11-12,30H2,1-2H3. The van der Waals surface area contributed by atoms with Crippen LogP contribution in [-0.2, 0) is 32.0 Å². The van der Waals surface area contributed by atoms with Gasteiger partial charge in [0.25, 0.3) is 0 Å². The summed E-state index contributed by atoms with van der Waals surface area (Å²) in [6, 6.07) is 4.91. The van der Waals surface area contributed by atoms with Gasteiger partial charge in [0.2, 0.25) is 26.6 Å². The highest BCUT2D eigenvalue weighted by atomic mass is 35.5. The number of carbonyl (C=O) groups is 2. The summed E-state index contributed by atoms with van der Waals surface area (Å²) in [6.45, 7) is 2.75. The Hall–Kier alpha value is -2.38. The number of piperazine rings is 1. The zero-order valence-electron chi connectivity index (χ0n) is 20.3. The zero-order chi connectivity index (χ0) is 28.2. The molecule has 2 aromatic rings. The Morgan fingerprint density at radius 1 is 1.11 bits per heavy atom. The number of hydrogen-bond acceptors (Lipinski definition) is 6. The van der Waals surface area contributed by atoms with Gasteiger partial charge in [-0.15, -0.1) is 0 Å². The van der Waals surface area contributed by atoms with Gasteiger partial charge in [0, 0.05) is 24.0 Å². The second-order valence-electron chi connectivity index (χ2n) is 9.53. The van der Waals surface area contributed by atoms with E-state index in [0.29, 0.717) is 5.56 Å². The summed E-state index contributed by atoms with van der Waals surface area (Å²) in [7, 11) is -4.52. The van der Waals surface area contributed by atoms with Crippen LogP contribution in [0.5, 0.6) is 0 Å². The number of nitrogens with one attached hydrogen (secondary N) is 1. The average Bonchev–Trinajstić information content (AvgIpc) is 2.82. The minimum atomic E-state index is -4.56. The number of halogens is 5.